The number of hydrogen-bond acceptors (Lipinski definition) is 5. The maximum atomic E-state index is 13.5. The number of aryl methyl sites for hydroxylation is 1. The van der Waals surface area contributed by atoms with E-state index >= 15 is 0 Å². The van der Waals surface area contributed by atoms with Crippen molar-refractivity contribution in [3.8, 4) is 5.75 Å². The molecule has 1 heterocycles. The molecule has 0 saturated heterocycles. The van der Waals surface area contributed by atoms with Crippen molar-refractivity contribution in [2.75, 3.05) is 0 Å². The first-order valence-corrected chi connectivity index (χ1v) is 6.27. The molecule has 0 amide bonds. The number of nitrogens with zero attached hydrogens (tertiary/aromatic N) is 3. The molecule has 0 saturated carbocycles. The average molecular weight is 279 g/mol. The van der Waals surface area contributed by atoms with E-state index in [4.69, 9.17) is 14.8 Å². The highest BCUT2D eigenvalue weighted by atomic mass is 19.1. The summed E-state index contributed by atoms with van der Waals surface area (Å²) in [5.41, 5.74) is -0.188. The van der Waals surface area contributed by atoms with Crippen molar-refractivity contribution in [3.05, 3.63) is 36.2 Å². The van der Waals surface area contributed by atoms with Gasteiger partial charge in [-0.25, -0.2) is 14.1 Å². The molecular weight excluding hydrogens is 264 g/mol. The van der Waals surface area contributed by atoms with Crippen LogP contribution in [0.4, 0.5) is 4.39 Å². The topological polar surface area (TPSA) is 80.4 Å². The third-order valence-electron chi connectivity index (χ3n) is 2.75. The van der Waals surface area contributed by atoms with E-state index in [1.165, 1.54) is 18.5 Å². The Labute approximate surface area is 116 Å². The van der Waals surface area contributed by atoms with E-state index in [2.05, 4.69) is 10.1 Å². The van der Waals surface area contributed by atoms with Crippen LogP contribution < -0.4 is 10.2 Å². The molecule has 0 aliphatic carbocycles. The summed E-state index contributed by atoms with van der Waals surface area (Å²) < 4.78 is 20.7. The third-order valence-corrected chi connectivity index (χ3v) is 2.75. The fourth-order valence-corrected chi connectivity index (χ4v) is 1.75. The van der Waals surface area contributed by atoms with Crippen LogP contribution in [0.2, 0.25) is 0 Å². The predicted molar refractivity (Wildman–Crippen MR) is 70.9 cm³/mol. The minimum absolute atomic E-state index is 0.167. The zero-order valence-corrected chi connectivity index (χ0v) is 11.0. The Morgan fingerprint density at radius 3 is 2.85 bits per heavy atom. The molecule has 0 atom stereocenters. The van der Waals surface area contributed by atoms with Crippen LogP contribution in [0.5, 0.6) is 5.75 Å². The van der Waals surface area contributed by atoms with Gasteiger partial charge in [0.2, 0.25) is 0 Å². The normalized spacial score (nSPS) is 10.6. The molecule has 1 aromatic carbocycles. The van der Waals surface area contributed by atoms with Gasteiger partial charge in [-0.15, -0.1) is 0 Å². The van der Waals surface area contributed by atoms with Crippen molar-refractivity contribution in [1.29, 1.82) is 0 Å². The Hall–Kier alpha value is -1.93. The molecule has 2 N–H and O–H groups in total. The Balaban J connectivity index is 2.04. The summed E-state index contributed by atoms with van der Waals surface area (Å²) in [4.78, 5) is 4.07. The molecule has 0 radical (unpaired) electrons. The van der Waals surface area contributed by atoms with E-state index < -0.39 is 12.9 Å². The zero-order valence-electron chi connectivity index (χ0n) is 11.0. The first-order valence-electron chi connectivity index (χ1n) is 6.27. The smallest absolute Gasteiger partial charge is 0.486 e. The minimum atomic E-state index is -1.84. The first-order chi connectivity index (χ1) is 9.61. The van der Waals surface area contributed by atoms with E-state index in [0.717, 1.165) is 19.0 Å². The molecule has 0 fully saturated rings. The molecule has 0 spiro atoms. The van der Waals surface area contributed by atoms with Gasteiger partial charge in [-0.2, -0.15) is 5.10 Å². The van der Waals surface area contributed by atoms with Crippen LogP contribution >= 0.6 is 0 Å². The lowest BCUT2D eigenvalue weighted by molar-refractivity contribution is 0.285. The average Bonchev–Trinajstić information content (AvgIpc) is 2.84. The predicted octanol–water partition coefficient (Wildman–Crippen LogP) is 0.0860. The Bertz CT molecular complexity index is 577. The van der Waals surface area contributed by atoms with Gasteiger partial charge >= 0.3 is 7.12 Å². The van der Waals surface area contributed by atoms with Crippen molar-refractivity contribution in [2.24, 2.45) is 0 Å². The standard InChI is InChI=1S/C12H15BFN3O3/c1-2-5-17-12(15-8-16-17)7-20-9-3-4-10(13(18)19)11(14)6-9/h3-4,6,8,18-19H,2,5,7H2,1H3. The van der Waals surface area contributed by atoms with E-state index in [9.17, 15) is 4.39 Å². The molecular formula is C12H15BFN3O3. The highest BCUT2D eigenvalue weighted by Gasteiger charge is 2.16. The van der Waals surface area contributed by atoms with Crippen molar-refractivity contribution >= 4 is 12.6 Å². The fourth-order valence-electron chi connectivity index (χ4n) is 1.75. The van der Waals surface area contributed by atoms with Gasteiger partial charge in [0, 0.05) is 18.1 Å². The van der Waals surface area contributed by atoms with Gasteiger partial charge in [0.25, 0.3) is 0 Å². The number of benzene rings is 1. The molecule has 106 valence electrons. The molecule has 0 unspecified atom stereocenters. The summed E-state index contributed by atoms with van der Waals surface area (Å²) >= 11 is 0. The summed E-state index contributed by atoms with van der Waals surface area (Å²) in [5, 5.41) is 21.9. The fraction of sp³-hybridized carbons (Fsp3) is 0.333. The molecule has 20 heavy (non-hydrogen) atoms. The summed E-state index contributed by atoms with van der Waals surface area (Å²) in [5.74, 6) is 0.212. The lowest BCUT2D eigenvalue weighted by Gasteiger charge is -2.08. The maximum absolute atomic E-state index is 13.5. The molecule has 2 aromatic rings. The Kier molecular flexibility index (Phi) is 4.70. The molecule has 6 nitrogen and oxygen atoms in total. The van der Waals surface area contributed by atoms with E-state index in [0.29, 0.717) is 5.82 Å². The van der Waals surface area contributed by atoms with Crippen LogP contribution in [-0.2, 0) is 13.2 Å². The summed E-state index contributed by atoms with van der Waals surface area (Å²) in [7, 11) is -1.84. The van der Waals surface area contributed by atoms with Crippen LogP contribution in [0, 0.1) is 5.82 Å². The first kappa shape index (κ1) is 14.5. The second-order valence-electron chi connectivity index (χ2n) is 4.25. The summed E-state index contributed by atoms with van der Waals surface area (Å²) in [6, 6.07) is 3.85. The third kappa shape index (κ3) is 3.34. The largest absolute Gasteiger partial charge is 0.491 e. The second kappa shape index (κ2) is 6.49. The van der Waals surface area contributed by atoms with Crippen LogP contribution in [-0.4, -0.2) is 31.9 Å². The number of aromatic nitrogens is 3. The quantitative estimate of drug-likeness (QED) is 0.732. The van der Waals surface area contributed by atoms with Crippen molar-refractivity contribution in [2.45, 2.75) is 26.5 Å². The second-order valence-corrected chi connectivity index (χ2v) is 4.25. The van der Waals surface area contributed by atoms with Crippen LogP contribution in [0.3, 0.4) is 0 Å². The summed E-state index contributed by atoms with van der Waals surface area (Å²) in [6.07, 6.45) is 2.37. The molecule has 2 rings (SSSR count). The van der Waals surface area contributed by atoms with E-state index in [-0.39, 0.29) is 17.8 Å². The molecule has 1 aromatic heterocycles. The van der Waals surface area contributed by atoms with E-state index in [1.54, 1.807) is 4.68 Å². The Morgan fingerprint density at radius 2 is 2.20 bits per heavy atom. The van der Waals surface area contributed by atoms with Gasteiger partial charge in [-0.05, 0) is 12.5 Å². The lowest BCUT2D eigenvalue weighted by atomic mass is 9.80. The van der Waals surface area contributed by atoms with Gasteiger partial charge in [0.05, 0.1) is 0 Å². The lowest BCUT2D eigenvalue weighted by Crippen LogP contribution is -2.32. The van der Waals surface area contributed by atoms with E-state index in [1.807, 2.05) is 6.92 Å². The van der Waals surface area contributed by atoms with Gasteiger partial charge in [-0.3, -0.25) is 0 Å². The van der Waals surface area contributed by atoms with Crippen LogP contribution in [0.25, 0.3) is 0 Å². The van der Waals surface area contributed by atoms with Crippen molar-refractivity contribution in [1.82, 2.24) is 14.8 Å². The van der Waals surface area contributed by atoms with Crippen molar-refractivity contribution in [3.63, 3.8) is 0 Å². The highest BCUT2D eigenvalue weighted by Crippen LogP contribution is 2.13. The monoisotopic (exact) mass is 279 g/mol. The minimum Gasteiger partial charge on any atom is -0.486 e. The SMILES string of the molecule is CCCn1ncnc1COc1ccc(B(O)O)c(F)c1. The molecule has 0 aliphatic rings. The van der Waals surface area contributed by atoms with Gasteiger partial charge in [-0.1, -0.05) is 13.0 Å². The highest BCUT2D eigenvalue weighted by molar-refractivity contribution is 6.58. The van der Waals surface area contributed by atoms with Gasteiger partial charge in [0.15, 0.2) is 5.82 Å². The molecule has 0 bridgehead atoms. The number of ether oxygens (including phenoxy) is 1. The van der Waals surface area contributed by atoms with Crippen LogP contribution in [0.1, 0.15) is 19.2 Å². The summed E-state index contributed by atoms with van der Waals surface area (Å²) in [6.45, 7) is 2.93. The molecule has 8 heteroatoms. The van der Waals surface area contributed by atoms with Crippen molar-refractivity contribution < 1.29 is 19.2 Å². The maximum Gasteiger partial charge on any atom is 0.491 e. The number of rotatable bonds is 6. The number of hydrogen-bond donors (Lipinski definition) is 2. The molecule has 0 aliphatic heterocycles. The van der Waals surface area contributed by atoms with Gasteiger partial charge < -0.3 is 14.8 Å². The van der Waals surface area contributed by atoms with Gasteiger partial charge in [0.1, 0.15) is 24.5 Å². The Morgan fingerprint density at radius 1 is 1.40 bits per heavy atom. The zero-order chi connectivity index (χ0) is 14.5. The van der Waals surface area contributed by atoms with Crippen LogP contribution in [0.15, 0.2) is 24.5 Å². The number of halogens is 1.